The second-order valence-corrected chi connectivity index (χ2v) is 14.4. The van der Waals surface area contributed by atoms with Crippen LogP contribution in [0.15, 0.2) is 212 Å². The highest BCUT2D eigenvalue weighted by molar-refractivity contribution is 5.98. The van der Waals surface area contributed by atoms with Gasteiger partial charge in [-0.2, -0.15) is 0 Å². The van der Waals surface area contributed by atoms with Crippen molar-refractivity contribution in [2.24, 2.45) is 0 Å². The Hall–Kier alpha value is -6.96. The van der Waals surface area contributed by atoms with E-state index in [2.05, 4.69) is 217 Å². The van der Waals surface area contributed by atoms with Gasteiger partial charge in [0.05, 0.1) is 5.41 Å². The van der Waals surface area contributed by atoms with Gasteiger partial charge in [-0.1, -0.05) is 170 Å². The van der Waals surface area contributed by atoms with Crippen LogP contribution in [0.25, 0.3) is 55.3 Å². The minimum Gasteiger partial charge on any atom is -0.310 e. The van der Waals surface area contributed by atoms with E-state index in [9.17, 15) is 0 Å². The van der Waals surface area contributed by atoms with Gasteiger partial charge in [0.2, 0.25) is 0 Å². The third-order valence-corrected chi connectivity index (χ3v) is 11.7. The highest BCUT2D eigenvalue weighted by Crippen LogP contribution is 2.63. The van der Waals surface area contributed by atoms with Gasteiger partial charge in [-0.15, -0.1) is 0 Å². The van der Waals surface area contributed by atoms with Gasteiger partial charge in [-0.3, -0.25) is 0 Å². The number of para-hydroxylation sites is 1. The van der Waals surface area contributed by atoms with Gasteiger partial charge in [-0.25, -0.2) is 0 Å². The molecule has 1 spiro atoms. The maximum absolute atomic E-state index is 2.42. The normalized spacial score (nSPS) is 13.0. The standard InChI is InChI=1S/C53H35N/c1-2-18-40(19-3-1)54(41-30-28-36(29-31-41)38-16-12-17-39(34-38)44-24-13-15-37-14-4-5-20-43(37)44)42-32-33-52-48(35-42)47-23-8-11-27-51(47)53(52)49-25-9-6-21-45(49)46-22-7-10-26-50(46)53/h1-35H. The molecule has 1 nitrogen and oxygen atoms in total. The van der Waals surface area contributed by atoms with Gasteiger partial charge in [0, 0.05) is 17.1 Å². The maximum atomic E-state index is 2.42. The summed E-state index contributed by atoms with van der Waals surface area (Å²) in [7, 11) is 0. The van der Waals surface area contributed by atoms with Crippen LogP contribution in [0.3, 0.4) is 0 Å². The van der Waals surface area contributed by atoms with E-state index in [0.29, 0.717) is 0 Å². The summed E-state index contributed by atoms with van der Waals surface area (Å²) in [5.74, 6) is 0. The van der Waals surface area contributed by atoms with Crippen LogP contribution in [0.2, 0.25) is 0 Å². The van der Waals surface area contributed by atoms with Gasteiger partial charge >= 0.3 is 0 Å². The Morgan fingerprint density at radius 2 is 0.778 bits per heavy atom. The summed E-state index contributed by atoms with van der Waals surface area (Å²) in [4.78, 5) is 2.39. The summed E-state index contributed by atoms with van der Waals surface area (Å²) in [6, 6.07) is 78.1. The smallest absolute Gasteiger partial charge is 0.0725 e. The van der Waals surface area contributed by atoms with Crippen LogP contribution < -0.4 is 4.90 Å². The lowest BCUT2D eigenvalue weighted by molar-refractivity contribution is 0.794. The second kappa shape index (κ2) is 12.0. The number of fused-ring (bicyclic) bond motifs is 11. The zero-order valence-electron chi connectivity index (χ0n) is 29.7. The largest absolute Gasteiger partial charge is 0.310 e. The first-order valence-corrected chi connectivity index (χ1v) is 18.8. The molecule has 0 aliphatic heterocycles. The van der Waals surface area contributed by atoms with Crippen LogP contribution >= 0.6 is 0 Å². The first-order chi connectivity index (χ1) is 26.8. The summed E-state index contributed by atoms with van der Waals surface area (Å²) >= 11 is 0. The molecule has 0 unspecified atom stereocenters. The molecule has 0 aromatic heterocycles. The van der Waals surface area contributed by atoms with Gasteiger partial charge < -0.3 is 4.90 Å². The molecule has 2 aliphatic carbocycles. The number of anilines is 3. The summed E-state index contributed by atoms with van der Waals surface area (Å²) in [5.41, 5.74) is 18.6. The highest BCUT2D eigenvalue weighted by Gasteiger charge is 2.51. The molecular formula is C53H35N. The first kappa shape index (κ1) is 30.6. The predicted octanol–water partition coefficient (Wildman–Crippen LogP) is 14.0. The molecule has 0 saturated carbocycles. The van der Waals surface area contributed by atoms with E-state index in [-0.39, 0.29) is 5.41 Å². The SMILES string of the molecule is c1ccc(N(c2ccc(-c3cccc(-c4cccc5ccccc45)c3)cc2)c2ccc3c(c2)-c2ccccc2C32c3ccccc3-c3ccccc32)cc1. The zero-order valence-corrected chi connectivity index (χ0v) is 29.7. The Bertz CT molecular complexity index is 2830. The molecule has 0 fully saturated rings. The van der Waals surface area contributed by atoms with E-state index in [4.69, 9.17) is 0 Å². The fourth-order valence-corrected chi connectivity index (χ4v) is 9.40. The minimum atomic E-state index is -0.350. The Balaban J connectivity index is 1.03. The number of rotatable bonds is 5. The van der Waals surface area contributed by atoms with Crippen molar-refractivity contribution in [1.82, 2.24) is 0 Å². The number of hydrogen-bond donors (Lipinski definition) is 0. The molecule has 0 saturated heterocycles. The molecule has 9 aromatic rings. The van der Waals surface area contributed by atoms with E-state index < -0.39 is 0 Å². The highest BCUT2D eigenvalue weighted by atomic mass is 15.1. The van der Waals surface area contributed by atoms with Gasteiger partial charge in [0.1, 0.15) is 0 Å². The molecule has 11 rings (SSSR count). The molecule has 0 N–H and O–H groups in total. The molecule has 0 amide bonds. The van der Waals surface area contributed by atoms with Crippen LogP contribution in [-0.2, 0) is 5.41 Å². The Morgan fingerprint density at radius 3 is 1.50 bits per heavy atom. The molecular weight excluding hydrogens is 651 g/mol. The Morgan fingerprint density at radius 1 is 0.278 bits per heavy atom. The van der Waals surface area contributed by atoms with Crippen molar-refractivity contribution in [1.29, 1.82) is 0 Å². The quantitative estimate of drug-likeness (QED) is 0.174. The lowest BCUT2D eigenvalue weighted by Gasteiger charge is -2.31. The molecule has 252 valence electrons. The second-order valence-electron chi connectivity index (χ2n) is 14.4. The number of nitrogens with zero attached hydrogens (tertiary/aromatic N) is 1. The van der Waals surface area contributed by atoms with Crippen molar-refractivity contribution in [2.75, 3.05) is 4.90 Å². The van der Waals surface area contributed by atoms with E-state index in [0.717, 1.165) is 17.1 Å². The third-order valence-electron chi connectivity index (χ3n) is 11.7. The summed E-state index contributed by atoms with van der Waals surface area (Å²) in [5, 5.41) is 2.53. The Labute approximate surface area is 316 Å². The first-order valence-electron chi connectivity index (χ1n) is 18.8. The van der Waals surface area contributed by atoms with Crippen LogP contribution in [0.1, 0.15) is 22.3 Å². The van der Waals surface area contributed by atoms with Crippen LogP contribution in [-0.4, -0.2) is 0 Å². The van der Waals surface area contributed by atoms with Crippen molar-refractivity contribution in [2.45, 2.75) is 5.41 Å². The summed E-state index contributed by atoms with van der Waals surface area (Å²) < 4.78 is 0. The molecule has 0 radical (unpaired) electrons. The van der Waals surface area contributed by atoms with Gasteiger partial charge in [0.15, 0.2) is 0 Å². The lowest BCUT2D eigenvalue weighted by Crippen LogP contribution is -2.25. The molecule has 2 aliphatic rings. The van der Waals surface area contributed by atoms with Gasteiger partial charge in [0.25, 0.3) is 0 Å². The van der Waals surface area contributed by atoms with Crippen molar-refractivity contribution in [3.05, 3.63) is 235 Å². The Kier molecular flexibility index (Phi) is 6.84. The fourth-order valence-electron chi connectivity index (χ4n) is 9.40. The van der Waals surface area contributed by atoms with Gasteiger partial charge in [-0.05, 0) is 120 Å². The van der Waals surface area contributed by atoms with E-state index in [1.807, 2.05) is 0 Å². The van der Waals surface area contributed by atoms with Crippen LogP contribution in [0, 0.1) is 0 Å². The van der Waals surface area contributed by atoms with Crippen molar-refractivity contribution < 1.29 is 0 Å². The summed E-state index contributed by atoms with van der Waals surface area (Å²) in [6.07, 6.45) is 0. The van der Waals surface area contributed by atoms with Crippen molar-refractivity contribution in [3.63, 3.8) is 0 Å². The topological polar surface area (TPSA) is 3.24 Å². The molecule has 1 heteroatoms. The monoisotopic (exact) mass is 685 g/mol. The maximum Gasteiger partial charge on any atom is 0.0725 e. The van der Waals surface area contributed by atoms with E-state index in [1.54, 1.807) is 0 Å². The van der Waals surface area contributed by atoms with Crippen molar-refractivity contribution in [3.8, 4) is 44.5 Å². The zero-order chi connectivity index (χ0) is 35.6. The summed E-state index contributed by atoms with van der Waals surface area (Å²) in [6.45, 7) is 0. The molecule has 0 heterocycles. The molecule has 0 atom stereocenters. The number of hydrogen-bond acceptors (Lipinski definition) is 1. The van der Waals surface area contributed by atoms with E-state index >= 15 is 0 Å². The fraction of sp³-hybridized carbons (Fsp3) is 0.0189. The minimum absolute atomic E-state index is 0.350. The average molecular weight is 686 g/mol. The van der Waals surface area contributed by atoms with E-state index in [1.165, 1.54) is 77.5 Å². The average Bonchev–Trinajstić information content (AvgIpc) is 3.71. The lowest BCUT2D eigenvalue weighted by atomic mass is 9.70. The molecule has 9 aromatic carbocycles. The molecule has 0 bridgehead atoms. The predicted molar refractivity (Wildman–Crippen MR) is 226 cm³/mol. The van der Waals surface area contributed by atoms with Crippen LogP contribution in [0.4, 0.5) is 17.1 Å². The third kappa shape index (κ3) is 4.45. The number of benzene rings is 9. The molecule has 54 heavy (non-hydrogen) atoms. The van der Waals surface area contributed by atoms with Crippen LogP contribution in [0.5, 0.6) is 0 Å². The van der Waals surface area contributed by atoms with Crippen molar-refractivity contribution >= 4 is 27.8 Å².